The van der Waals surface area contributed by atoms with Crippen LogP contribution in [0.25, 0.3) is 0 Å². The Bertz CT molecular complexity index is 414. The molecule has 2 heterocycles. The van der Waals surface area contributed by atoms with Crippen LogP contribution in [-0.4, -0.2) is 23.1 Å². The molecular formula is C12H19N5. The molecule has 1 aliphatic carbocycles. The average molecular weight is 233 g/mol. The number of aromatic nitrogens is 2. The minimum Gasteiger partial charge on any atom is -0.383 e. The Morgan fingerprint density at radius 1 is 1.35 bits per heavy atom. The molecular weight excluding hydrogens is 214 g/mol. The van der Waals surface area contributed by atoms with E-state index in [1.54, 1.807) is 0 Å². The monoisotopic (exact) mass is 233 g/mol. The van der Waals surface area contributed by atoms with E-state index in [1.165, 1.54) is 19.3 Å². The Kier molecular flexibility index (Phi) is 2.84. The van der Waals surface area contributed by atoms with E-state index in [1.807, 2.05) is 0 Å². The van der Waals surface area contributed by atoms with E-state index < -0.39 is 0 Å². The third-order valence-electron chi connectivity index (χ3n) is 3.74. The Hall–Kier alpha value is -1.36. The molecule has 17 heavy (non-hydrogen) atoms. The number of nitrogens with zero attached hydrogens (tertiary/aromatic N) is 2. The van der Waals surface area contributed by atoms with Crippen molar-refractivity contribution in [2.24, 2.45) is 5.92 Å². The Labute approximate surface area is 101 Å². The van der Waals surface area contributed by atoms with Gasteiger partial charge in [0.1, 0.15) is 5.82 Å². The van der Waals surface area contributed by atoms with Gasteiger partial charge in [-0.15, -0.1) is 0 Å². The Morgan fingerprint density at radius 2 is 2.24 bits per heavy atom. The second-order valence-electron chi connectivity index (χ2n) is 4.96. The summed E-state index contributed by atoms with van der Waals surface area (Å²) in [7, 11) is 0. The number of hydrogen-bond acceptors (Lipinski definition) is 5. The Morgan fingerprint density at radius 3 is 3.00 bits per heavy atom. The van der Waals surface area contributed by atoms with Gasteiger partial charge in [-0.1, -0.05) is 6.42 Å². The van der Waals surface area contributed by atoms with Gasteiger partial charge >= 0.3 is 0 Å². The molecule has 3 rings (SSSR count). The summed E-state index contributed by atoms with van der Waals surface area (Å²) >= 11 is 0. The predicted molar refractivity (Wildman–Crippen MR) is 67.7 cm³/mol. The SMILES string of the molecule is Nc1nc(NCC2CCC2)nc2c1CCNC2. The summed E-state index contributed by atoms with van der Waals surface area (Å²) in [6, 6.07) is 0. The topological polar surface area (TPSA) is 75.9 Å². The summed E-state index contributed by atoms with van der Waals surface area (Å²) in [6.45, 7) is 2.75. The molecule has 1 aliphatic heterocycles. The van der Waals surface area contributed by atoms with Gasteiger partial charge in [-0.3, -0.25) is 0 Å². The van der Waals surface area contributed by atoms with Crippen molar-refractivity contribution < 1.29 is 0 Å². The summed E-state index contributed by atoms with van der Waals surface area (Å²) in [5, 5.41) is 6.62. The quantitative estimate of drug-likeness (QED) is 0.723. The fourth-order valence-electron chi connectivity index (χ4n) is 2.40. The lowest BCUT2D eigenvalue weighted by molar-refractivity contribution is 0.333. The van der Waals surface area contributed by atoms with E-state index >= 15 is 0 Å². The van der Waals surface area contributed by atoms with E-state index in [9.17, 15) is 0 Å². The molecule has 0 aromatic carbocycles. The lowest BCUT2D eigenvalue weighted by atomic mass is 9.85. The van der Waals surface area contributed by atoms with Crippen molar-refractivity contribution in [2.45, 2.75) is 32.2 Å². The van der Waals surface area contributed by atoms with Crippen LogP contribution in [0.2, 0.25) is 0 Å². The van der Waals surface area contributed by atoms with Crippen LogP contribution in [0.1, 0.15) is 30.5 Å². The molecule has 5 heteroatoms. The van der Waals surface area contributed by atoms with Gasteiger partial charge in [-0.05, 0) is 31.7 Å². The molecule has 0 unspecified atom stereocenters. The highest BCUT2D eigenvalue weighted by molar-refractivity contribution is 5.48. The zero-order valence-corrected chi connectivity index (χ0v) is 10.00. The van der Waals surface area contributed by atoms with Crippen LogP contribution in [0.5, 0.6) is 0 Å². The molecule has 0 radical (unpaired) electrons. The first-order valence-electron chi connectivity index (χ1n) is 6.43. The van der Waals surface area contributed by atoms with E-state index in [2.05, 4.69) is 20.6 Å². The predicted octanol–water partition coefficient (Wildman–Crippen LogP) is 0.916. The van der Waals surface area contributed by atoms with Crippen molar-refractivity contribution in [1.82, 2.24) is 15.3 Å². The third kappa shape index (κ3) is 2.20. The summed E-state index contributed by atoms with van der Waals surface area (Å²) < 4.78 is 0. The fourth-order valence-corrected chi connectivity index (χ4v) is 2.40. The molecule has 2 aliphatic rings. The number of nitrogen functional groups attached to an aromatic ring is 1. The lowest BCUT2D eigenvalue weighted by Crippen LogP contribution is -2.27. The van der Waals surface area contributed by atoms with Gasteiger partial charge in [0.05, 0.1) is 5.69 Å². The molecule has 1 saturated carbocycles. The molecule has 1 aromatic rings. The molecule has 0 amide bonds. The highest BCUT2D eigenvalue weighted by Crippen LogP contribution is 2.26. The molecule has 92 valence electrons. The molecule has 0 bridgehead atoms. The number of nitrogens with one attached hydrogen (secondary N) is 2. The van der Waals surface area contributed by atoms with Crippen LogP contribution in [0.4, 0.5) is 11.8 Å². The summed E-state index contributed by atoms with van der Waals surface area (Å²) in [5.41, 5.74) is 8.15. The van der Waals surface area contributed by atoms with Crippen molar-refractivity contribution in [1.29, 1.82) is 0 Å². The second-order valence-corrected chi connectivity index (χ2v) is 4.96. The molecule has 0 atom stereocenters. The van der Waals surface area contributed by atoms with E-state index in [0.717, 1.165) is 43.2 Å². The van der Waals surface area contributed by atoms with Gasteiger partial charge in [0.2, 0.25) is 5.95 Å². The van der Waals surface area contributed by atoms with Gasteiger partial charge in [-0.2, -0.15) is 4.98 Å². The van der Waals surface area contributed by atoms with Crippen molar-refractivity contribution >= 4 is 11.8 Å². The normalized spacial score (nSPS) is 19.5. The fraction of sp³-hybridized carbons (Fsp3) is 0.667. The van der Waals surface area contributed by atoms with Gasteiger partial charge in [-0.25, -0.2) is 4.98 Å². The number of hydrogen-bond donors (Lipinski definition) is 3. The largest absolute Gasteiger partial charge is 0.383 e. The first-order chi connectivity index (χ1) is 8.33. The first kappa shape index (κ1) is 10.8. The van der Waals surface area contributed by atoms with Crippen molar-refractivity contribution in [3.05, 3.63) is 11.3 Å². The maximum absolute atomic E-state index is 5.98. The lowest BCUT2D eigenvalue weighted by Gasteiger charge is -2.26. The van der Waals surface area contributed by atoms with Crippen LogP contribution in [-0.2, 0) is 13.0 Å². The Balaban J connectivity index is 1.73. The molecule has 1 aromatic heterocycles. The van der Waals surface area contributed by atoms with E-state index in [-0.39, 0.29) is 0 Å². The minimum atomic E-state index is 0.646. The standard InChI is InChI=1S/C12H19N5/c13-11-9-4-5-14-7-10(9)16-12(17-11)15-6-8-2-1-3-8/h8,14H,1-7H2,(H3,13,15,16,17). The van der Waals surface area contributed by atoms with Crippen LogP contribution >= 0.6 is 0 Å². The minimum absolute atomic E-state index is 0.646. The van der Waals surface area contributed by atoms with Crippen molar-refractivity contribution in [3.63, 3.8) is 0 Å². The molecule has 4 N–H and O–H groups in total. The van der Waals surface area contributed by atoms with Gasteiger partial charge in [0, 0.05) is 18.7 Å². The maximum Gasteiger partial charge on any atom is 0.224 e. The second kappa shape index (κ2) is 4.49. The number of nitrogens with two attached hydrogens (primary N) is 1. The number of anilines is 2. The van der Waals surface area contributed by atoms with E-state index in [0.29, 0.717) is 11.8 Å². The zero-order valence-electron chi connectivity index (χ0n) is 10.00. The van der Waals surface area contributed by atoms with Crippen LogP contribution < -0.4 is 16.4 Å². The highest BCUT2D eigenvalue weighted by Gasteiger charge is 2.19. The summed E-state index contributed by atoms with van der Waals surface area (Å²) in [6.07, 6.45) is 4.96. The zero-order chi connectivity index (χ0) is 11.7. The number of rotatable bonds is 3. The van der Waals surface area contributed by atoms with Crippen molar-refractivity contribution in [3.8, 4) is 0 Å². The van der Waals surface area contributed by atoms with Crippen LogP contribution in [0, 0.1) is 5.92 Å². The van der Waals surface area contributed by atoms with Crippen molar-refractivity contribution in [2.75, 3.05) is 24.1 Å². The molecule has 5 nitrogen and oxygen atoms in total. The number of fused-ring (bicyclic) bond motifs is 1. The summed E-state index contributed by atoms with van der Waals surface area (Å²) in [4.78, 5) is 8.88. The third-order valence-corrected chi connectivity index (χ3v) is 3.74. The first-order valence-corrected chi connectivity index (χ1v) is 6.43. The van der Waals surface area contributed by atoms with Gasteiger partial charge in [0.25, 0.3) is 0 Å². The maximum atomic E-state index is 5.98. The van der Waals surface area contributed by atoms with Gasteiger partial charge < -0.3 is 16.4 Å². The molecule has 0 saturated heterocycles. The highest BCUT2D eigenvalue weighted by atomic mass is 15.1. The summed E-state index contributed by atoms with van der Waals surface area (Å²) in [5.74, 6) is 2.14. The van der Waals surface area contributed by atoms with E-state index in [4.69, 9.17) is 5.73 Å². The van der Waals surface area contributed by atoms with Crippen LogP contribution in [0.15, 0.2) is 0 Å². The molecule has 0 spiro atoms. The molecule has 1 fully saturated rings. The average Bonchev–Trinajstić information content (AvgIpc) is 2.27. The van der Waals surface area contributed by atoms with Gasteiger partial charge in [0.15, 0.2) is 0 Å². The van der Waals surface area contributed by atoms with Crippen LogP contribution in [0.3, 0.4) is 0 Å². The smallest absolute Gasteiger partial charge is 0.224 e.